The summed E-state index contributed by atoms with van der Waals surface area (Å²) in [6.45, 7) is 7.65. The number of nitrogens with zero attached hydrogens (tertiary/aromatic N) is 1. The summed E-state index contributed by atoms with van der Waals surface area (Å²) in [5.74, 6) is -1.84. The molecule has 2 amide bonds. The van der Waals surface area contributed by atoms with Crippen molar-refractivity contribution in [1.82, 2.24) is 15.8 Å². The predicted molar refractivity (Wildman–Crippen MR) is 152 cm³/mol. The minimum absolute atomic E-state index is 0.0500. The Bertz CT molecular complexity index is 1340. The van der Waals surface area contributed by atoms with E-state index in [-0.39, 0.29) is 41.3 Å². The lowest BCUT2D eigenvalue weighted by Crippen LogP contribution is -2.46. The van der Waals surface area contributed by atoms with E-state index >= 15 is 4.39 Å². The van der Waals surface area contributed by atoms with Crippen LogP contribution in [0.2, 0.25) is 0 Å². The second-order valence-electron chi connectivity index (χ2n) is 8.27. The van der Waals surface area contributed by atoms with Crippen molar-refractivity contribution in [1.29, 1.82) is 5.41 Å². The van der Waals surface area contributed by atoms with E-state index < -0.39 is 23.7 Å². The van der Waals surface area contributed by atoms with Crippen LogP contribution in [0.5, 0.6) is 11.5 Å². The van der Waals surface area contributed by atoms with Crippen LogP contribution < -0.4 is 31.4 Å². The van der Waals surface area contributed by atoms with E-state index in [1.807, 2.05) is 6.79 Å². The number of carbonyl (C=O) groups excluding carboxylic acids is 3. The maximum absolute atomic E-state index is 15.4. The van der Waals surface area contributed by atoms with Gasteiger partial charge in [0, 0.05) is 33.6 Å². The number of amides is 2. The van der Waals surface area contributed by atoms with Crippen molar-refractivity contribution in [2.45, 2.75) is 32.9 Å². The zero-order valence-electron chi connectivity index (χ0n) is 22.1. The maximum Gasteiger partial charge on any atom is 0.289 e. The number of amidine groups is 1. The Morgan fingerprint density at radius 3 is 2.38 bits per heavy atom. The Labute approximate surface area is 239 Å². The second-order valence-corrected chi connectivity index (χ2v) is 9.12. The lowest BCUT2D eigenvalue weighted by molar-refractivity contribution is -0.122. The summed E-state index contributed by atoms with van der Waals surface area (Å²) >= 11 is 3.24. The van der Waals surface area contributed by atoms with Gasteiger partial charge in [-0.25, -0.2) is 9.37 Å². The van der Waals surface area contributed by atoms with E-state index in [0.29, 0.717) is 15.7 Å². The molecule has 40 heavy (non-hydrogen) atoms. The van der Waals surface area contributed by atoms with Gasteiger partial charge in [0.05, 0.1) is 12.7 Å². The molecule has 0 aliphatic heterocycles. The number of nitrogens with two attached hydrogens (primary N) is 1. The number of anilines is 1. The number of nitrogens with one attached hydrogen (secondary N) is 4. The molecular weight excluding hydrogens is 587 g/mol. The summed E-state index contributed by atoms with van der Waals surface area (Å²) in [5.41, 5.74) is 11.1. The van der Waals surface area contributed by atoms with E-state index in [2.05, 4.69) is 37.1 Å². The summed E-state index contributed by atoms with van der Waals surface area (Å²) in [4.78, 5) is 37.9. The van der Waals surface area contributed by atoms with Crippen LogP contribution >= 0.6 is 15.9 Å². The molecule has 11 nitrogen and oxygen atoms in total. The third-order valence-electron chi connectivity index (χ3n) is 5.08. The quantitative estimate of drug-likeness (QED) is 0.130. The highest BCUT2D eigenvalue weighted by Crippen LogP contribution is 2.35. The first-order chi connectivity index (χ1) is 19.1. The number of rotatable bonds is 10. The fourth-order valence-electron chi connectivity index (χ4n) is 3.39. The van der Waals surface area contributed by atoms with E-state index in [0.717, 1.165) is 6.07 Å². The highest BCUT2D eigenvalue weighted by atomic mass is 79.9. The smallest absolute Gasteiger partial charge is 0.289 e. The van der Waals surface area contributed by atoms with Gasteiger partial charge in [-0.1, -0.05) is 0 Å². The molecule has 6 N–H and O–H groups in total. The SMILES string of the molecule is C=O.CCOc1cc(C(Nc2ccc(C(=N)N)cc2)C(=O)NNC(=O)c2ncccc2Br)c(F)cc1OC(C)C. The molecule has 0 saturated carbocycles. The van der Waals surface area contributed by atoms with Crippen LogP contribution in [0.15, 0.2) is 59.2 Å². The van der Waals surface area contributed by atoms with E-state index in [1.165, 1.54) is 12.3 Å². The predicted octanol–water partition coefficient (Wildman–Crippen LogP) is 3.88. The van der Waals surface area contributed by atoms with Gasteiger partial charge in [-0.2, -0.15) is 0 Å². The summed E-state index contributed by atoms with van der Waals surface area (Å²) in [5, 5.41) is 10.5. The van der Waals surface area contributed by atoms with Crippen molar-refractivity contribution in [2.75, 3.05) is 11.9 Å². The first kappa shape index (κ1) is 31.7. The van der Waals surface area contributed by atoms with Gasteiger partial charge in [0.1, 0.15) is 30.2 Å². The molecule has 2 aromatic carbocycles. The largest absolute Gasteiger partial charge is 0.490 e. The number of hydrogen-bond donors (Lipinski definition) is 5. The topological polar surface area (TPSA) is 169 Å². The number of hydrazine groups is 1. The highest BCUT2D eigenvalue weighted by molar-refractivity contribution is 9.10. The summed E-state index contributed by atoms with van der Waals surface area (Å²) in [7, 11) is 0. The molecule has 0 spiro atoms. The lowest BCUT2D eigenvalue weighted by Gasteiger charge is -2.23. The Balaban J connectivity index is 0.00000274. The minimum atomic E-state index is -1.31. The van der Waals surface area contributed by atoms with Gasteiger partial charge in [-0.3, -0.25) is 25.8 Å². The Kier molecular flexibility index (Phi) is 12.0. The average Bonchev–Trinajstić information content (AvgIpc) is 2.93. The fourth-order valence-corrected chi connectivity index (χ4v) is 3.82. The van der Waals surface area contributed by atoms with E-state index in [1.54, 1.807) is 57.2 Å². The second kappa shape index (κ2) is 15.2. The van der Waals surface area contributed by atoms with Crippen LogP contribution in [0, 0.1) is 11.2 Å². The standard InChI is InChI=1S/C26H28BrFN6O4.CH2O/c1-4-37-20-12-17(19(28)13-21(20)38-14(2)3)22(32-16-9-7-15(8-10-16)24(29)30)25(35)33-34-26(36)23-18(27)6-5-11-31-23;1-2/h5-14,22,32H,4H2,1-3H3,(H3,29,30)(H,33,35)(H,34,36);1H2. The number of pyridine rings is 1. The molecule has 3 aromatic rings. The molecule has 0 aliphatic rings. The zero-order chi connectivity index (χ0) is 29.8. The summed E-state index contributed by atoms with van der Waals surface area (Å²) < 4.78 is 27.2. The van der Waals surface area contributed by atoms with Gasteiger partial charge in [0.15, 0.2) is 11.5 Å². The van der Waals surface area contributed by atoms with Gasteiger partial charge >= 0.3 is 0 Å². The van der Waals surface area contributed by atoms with Gasteiger partial charge in [0.25, 0.3) is 11.8 Å². The summed E-state index contributed by atoms with van der Waals surface area (Å²) in [6.07, 6.45) is 1.19. The van der Waals surface area contributed by atoms with Crippen molar-refractivity contribution in [3.8, 4) is 11.5 Å². The summed E-state index contributed by atoms with van der Waals surface area (Å²) in [6, 6.07) is 10.9. The van der Waals surface area contributed by atoms with E-state index in [4.69, 9.17) is 25.4 Å². The van der Waals surface area contributed by atoms with Gasteiger partial charge in [-0.05, 0) is 79.2 Å². The molecule has 1 atom stereocenters. The van der Waals surface area contributed by atoms with Crippen LogP contribution in [0.25, 0.3) is 0 Å². The highest BCUT2D eigenvalue weighted by Gasteiger charge is 2.27. The molecule has 1 aromatic heterocycles. The number of ether oxygens (including phenoxy) is 2. The monoisotopic (exact) mass is 616 g/mol. The van der Waals surface area contributed by atoms with Gasteiger partial charge < -0.3 is 25.3 Å². The normalized spacial score (nSPS) is 10.9. The molecule has 0 bridgehead atoms. The Hall–Kier alpha value is -4.52. The molecule has 1 unspecified atom stereocenters. The molecular formula is C27H30BrFN6O5. The molecule has 212 valence electrons. The van der Waals surface area contributed by atoms with Crippen LogP contribution in [-0.4, -0.2) is 42.1 Å². The first-order valence-electron chi connectivity index (χ1n) is 11.9. The number of benzene rings is 2. The number of nitrogen functional groups attached to an aromatic ring is 1. The third-order valence-corrected chi connectivity index (χ3v) is 5.72. The maximum atomic E-state index is 15.4. The molecule has 0 aliphatic carbocycles. The average molecular weight is 617 g/mol. The number of aromatic nitrogens is 1. The first-order valence-corrected chi connectivity index (χ1v) is 12.7. The van der Waals surface area contributed by atoms with Crippen LogP contribution in [0.4, 0.5) is 10.1 Å². The zero-order valence-corrected chi connectivity index (χ0v) is 23.7. The lowest BCUT2D eigenvalue weighted by atomic mass is 10.0. The number of hydrogen-bond acceptors (Lipinski definition) is 8. The Morgan fingerprint density at radius 2 is 1.80 bits per heavy atom. The molecule has 3 rings (SSSR count). The van der Waals surface area contributed by atoms with E-state index in [9.17, 15) is 9.59 Å². The van der Waals surface area contributed by atoms with Crippen LogP contribution in [0.3, 0.4) is 0 Å². The van der Waals surface area contributed by atoms with Crippen molar-refractivity contribution in [2.24, 2.45) is 5.73 Å². The van der Waals surface area contributed by atoms with Crippen molar-refractivity contribution in [3.05, 3.63) is 81.8 Å². The number of halogens is 2. The Morgan fingerprint density at radius 1 is 1.12 bits per heavy atom. The van der Waals surface area contributed by atoms with Crippen molar-refractivity contribution in [3.63, 3.8) is 0 Å². The van der Waals surface area contributed by atoms with Gasteiger partial charge in [0.2, 0.25) is 0 Å². The minimum Gasteiger partial charge on any atom is -0.490 e. The van der Waals surface area contributed by atoms with Crippen molar-refractivity contribution < 1.29 is 28.2 Å². The van der Waals surface area contributed by atoms with Crippen LogP contribution in [0.1, 0.15) is 48.4 Å². The molecule has 13 heteroatoms. The fraction of sp³-hybridized carbons (Fsp3) is 0.222. The molecule has 0 fully saturated rings. The van der Waals surface area contributed by atoms with Gasteiger partial charge in [-0.15, -0.1) is 0 Å². The number of carbonyl (C=O) groups is 3. The van der Waals surface area contributed by atoms with Crippen molar-refractivity contribution >= 4 is 46.1 Å². The third kappa shape index (κ3) is 8.50. The molecule has 0 radical (unpaired) electrons. The molecule has 1 heterocycles. The molecule has 0 saturated heterocycles. The van der Waals surface area contributed by atoms with Crippen LogP contribution in [-0.2, 0) is 9.59 Å².